The van der Waals surface area contributed by atoms with Crippen LogP contribution >= 0.6 is 0 Å². The van der Waals surface area contributed by atoms with Crippen molar-refractivity contribution >= 4 is 23.9 Å². The molecule has 162 valence electrons. The van der Waals surface area contributed by atoms with Gasteiger partial charge in [-0.2, -0.15) is 0 Å². The van der Waals surface area contributed by atoms with Crippen molar-refractivity contribution in [2.24, 2.45) is 0 Å². The summed E-state index contributed by atoms with van der Waals surface area (Å²) in [5.74, 6) is -5.11. The standard InChI is InChI=1S/C14H22O10.C2H4O2/c1-8(15)20-7-11-14(18,21-6-5-19-4)12(22-9(2)16)13(24-11)23-10(3)17;1-2(3)4/h11-13,18H,5-7H2,1-4H3;1H3,(H,3,4)/t11-,12+,13?,14-;/m1./s1. The monoisotopic (exact) mass is 410 g/mol. The van der Waals surface area contributed by atoms with Gasteiger partial charge in [-0.3, -0.25) is 19.2 Å². The van der Waals surface area contributed by atoms with Crippen LogP contribution in [0.1, 0.15) is 27.7 Å². The van der Waals surface area contributed by atoms with E-state index in [1.165, 1.54) is 14.0 Å². The minimum absolute atomic E-state index is 0.0719. The molecule has 0 radical (unpaired) electrons. The summed E-state index contributed by atoms with van der Waals surface area (Å²) in [6.07, 6.45) is -4.12. The number of methoxy groups -OCH3 is 1. The van der Waals surface area contributed by atoms with Crippen LogP contribution < -0.4 is 0 Å². The molecular weight excluding hydrogens is 384 g/mol. The van der Waals surface area contributed by atoms with Crippen molar-refractivity contribution in [3.63, 3.8) is 0 Å². The van der Waals surface area contributed by atoms with Gasteiger partial charge in [-0.25, -0.2) is 0 Å². The van der Waals surface area contributed by atoms with Gasteiger partial charge in [0.2, 0.25) is 18.2 Å². The average molecular weight is 410 g/mol. The van der Waals surface area contributed by atoms with Crippen molar-refractivity contribution < 1.29 is 57.8 Å². The summed E-state index contributed by atoms with van der Waals surface area (Å²) in [5.41, 5.74) is 0. The van der Waals surface area contributed by atoms with Crippen molar-refractivity contribution in [1.82, 2.24) is 0 Å². The SMILES string of the molecule is CC(=O)O.COCCO[C@]1(O)[C@@H](COC(C)=O)OC(OC(C)=O)[C@@H]1OC(C)=O. The van der Waals surface area contributed by atoms with Crippen LogP contribution in [0, 0.1) is 0 Å². The van der Waals surface area contributed by atoms with Crippen LogP contribution in [0.4, 0.5) is 0 Å². The van der Waals surface area contributed by atoms with Crippen LogP contribution in [0.3, 0.4) is 0 Å². The first-order valence-electron chi connectivity index (χ1n) is 8.12. The number of rotatable bonds is 8. The predicted octanol–water partition coefficient (Wildman–Crippen LogP) is -0.788. The Morgan fingerprint density at radius 1 is 0.964 bits per heavy atom. The van der Waals surface area contributed by atoms with Crippen LogP contribution in [-0.4, -0.2) is 85.3 Å². The van der Waals surface area contributed by atoms with Crippen molar-refractivity contribution in [3.05, 3.63) is 0 Å². The molecule has 0 bridgehead atoms. The second-order valence-corrected chi connectivity index (χ2v) is 5.55. The first-order valence-corrected chi connectivity index (χ1v) is 8.12. The lowest BCUT2D eigenvalue weighted by atomic mass is 10.1. The summed E-state index contributed by atoms with van der Waals surface area (Å²) in [6.45, 7) is 4.16. The Labute approximate surface area is 161 Å². The van der Waals surface area contributed by atoms with Gasteiger partial charge in [-0.1, -0.05) is 0 Å². The number of carbonyl (C=O) groups excluding carboxylic acids is 3. The number of carbonyl (C=O) groups is 4. The van der Waals surface area contributed by atoms with E-state index >= 15 is 0 Å². The Kier molecular flexibility index (Phi) is 11.2. The largest absolute Gasteiger partial charge is 0.481 e. The highest BCUT2D eigenvalue weighted by Crippen LogP contribution is 2.36. The zero-order chi connectivity index (χ0) is 21.9. The molecule has 1 aliphatic rings. The third-order valence-electron chi connectivity index (χ3n) is 3.05. The third-order valence-corrected chi connectivity index (χ3v) is 3.05. The van der Waals surface area contributed by atoms with E-state index in [4.69, 9.17) is 38.3 Å². The quantitative estimate of drug-likeness (QED) is 0.222. The van der Waals surface area contributed by atoms with Gasteiger partial charge in [0.05, 0.1) is 13.2 Å². The molecule has 0 spiro atoms. The fourth-order valence-corrected chi connectivity index (χ4v) is 2.10. The lowest BCUT2D eigenvalue weighted by Crippen LogP contribution is -2.54. The van der Waals surface area contributed by atoms with E-state index in [1.54, 1.807) is 0 Å². The molecular formula is C16H26O12. The maximum Gasteiger partial charge on any atom is 0.305 e. The van der Waals surface area contributed by atoms with Gasteiger partial charge in [0.25, 0.3) is 5.97 Å². The number of ether oxygens (including phenoxy) is 6. The Morgan fingerprint density at radius 2 is 1.50 bits per heavy atom. The lowest BCUT2D eigenvalue weighted by molar-refractivity contribution is -0.274. The average Bonchev–Trinajstić information content (AvgIpc) is 2.77. The normalized spacial score (nSPS) is 25.9. The molecule has 0 amide bonds. The molecule has 0 saturated carbocycles. The number of aliphatic carboxylic acids is 1. The van der Waals surface area contributed by atoms with E-state index in [9.17, 15) is 19.5 Å². The minimum Gasteiger partial charge on any atom is -0.481 e. The van der Waals surface area contributed by atoms with Gasteiger partial charge in [0, 0.05) is 34.8 Å². The maximum absolute atomic E-state index is 11.3. The summed E-state index contributed by atoms with van der Waals surface area (Å²) < 4.78 is 30.3. The van der Waals surface area contributed by atoms with E-state index < -0.39 is 54.8 Å². The predicted molar refractivity (Wildman–Crippen MR) is 88.7 cm³/mol. The van der Waals surface area contributed by atoms with Gasteiger partial charge in [0.15, 0.2) is 6.10 Å². The molecule has 1 fully saturated rings. The molecule has 1 heterocycles. The van der Waals surface area contributed by atoms with Crippen LogP contribution in [0.2, 0.25) is 0 Å². The Morgan fingerprint density at radius 3 is 1.93 bits per heavy atom. The lowest BCUT2D eigenvalue weighted by Gasteiger charge is -2.32. The van der Waals surface area contributed by atoms with E-state index in [2.05, 4.69) is 0 Å². The summed E-state index contributed by atoms with van der Waals surface area (Å²) in [5, 5.41) is 18.2. The molecule has 1 saturated heterocycles. The second-order valence-electron chi connectivity index (χ2n) is 5.55. The molecule has 1 aliphatic heterocycles. The Bertz CT molecular complexity index is 544. The van der Waals surface area contributed by atoms with Gasteiger partial charge < -0.3 is 38.6 Å². The molecule has 1 rings (SSSR count). The highest BCUT2D eigenvalue weighted by atomic mass is 16.8. The van der Waals surface area contributed by atoms with Crippen LogP contribution in [-0.2, 0) is 47.6 Å². The van der Waals surface area contributed by atoms with Crippen LogP contribution in [0.25, 0.3) is 0 Å². The van der Waals surface area contributed by atoms with E-state index in [0.717, 1.165) is 20.8 Å². The molecule has 0 aliphatic carbocycles. The number of esters is 3. The minimum atomic E-state index is -2.19. The van der Waals surface area contributed by atoms with Gasteiger partial charge in [-0.05, 0) is 0 Å². The van der Waals surface area contributed by atoms with Gasteiger partial charge in [-0.15, -0.1) is 0 Å². The highest BCUT2D eigenvalue weighted by molar-refractivity contribution is 5.67. The first kappa shape index (κ1) is 25.7. The van der Waals surface area contributed by atoms with Crippen LogP contribution in [0.15, 0.2) is 0 Å². The van der Waals surface area contributed by atoms with Crippen molar-refractivity contribution in [1.29, 1.82) is 0 Å². The first-order chi connectivity index (χ1) is 12.9. The van der Waals surface area contributed by atoms with E-state index in [1.807, 2.05) is 0 Å². The number of carboxylic acids is 1. The molecule has 0 aromatic carbocycles. The van der Waals surface area contributed by atoms with Crippen molar-refractivity contribution in [2.75, 3.05) is 26.9 Å². The summed E-state index contributed by atoms with van der Waals surface area (Å²) in [7, 11) is 1.43. The third kappa shape index (κ3) is 9.08. The number of hydrogen-bond donors (Lipinski definition) is 2. The van der Waals surface area contributed by atoms with E-state index in [-0.39, 0.29) is 13.2 Å². The smallest absolute Gasteiger partial charge is 0.305 e. The zero-order valence-corrected chi connectivity index (χ0v) is 16.3. The molecule has 2 N–H and O–H groups in total. The second kappa shape index (κ2) is 12.2. The van der Waals surface area contributed by atoms with Gasteiger partial charge >= 0.3 is 17.9 Å². The molecule has 12 heteroatoms. The summed E-state index contributed by atoms with van der Waals surface area (Å²) in [4.78, 5) is 42.5. The summed E-state index contributed by atoms with van der Waals surface area (Å²) in [6, 6.07) is 0. The molecule has 12 nitrogen and oxygen atoms in total. The Hall–Kier alpha value is -2.28. The summed E-state index contributed by atoms with van der Waals surface area (Å²) >= 11 is 0. The van der Waals surface area contributed by atoms with E-state index in [0.29, 0.717) is 0 Å². The Balaban J connectivity index is 0.00000165. The van der Waals surface area contributed by atoms with Gasteiger partial charge in [0.1, 0.15) is 6.61 Å². The highest BCUT2D eigenvalue weighted by Gasteiger charge is 2.61. The topological polar surface area (TPSA) is 164 Å². The zero-order valence-electron chi connectivity index (χ0n) is 16.3. The fourth-order valence-electron chi connectivity index (χ4n) is 2.10. The number of hydrogen-bond acceptors (Lipinski definition) is 11. The van der Waals surface area contributed by atoms with Crippen molar-refractivity contribution in [2.45, 2.75) is 52.0 Å². The molecule has 4 atom stereocenters. The maximum atomic E-state index is 11.3. The number of carboxylic acid groups (broad SMARTS) is 1. The fraction of sp³-hybridized carbons (Fsp3) is 0.750. The molecule has 28 heavy (non-hydrogen) atoms. The molecule has 0 aromatic heterocycles. The molecule has 1 unspecified atom stereocenters. The number of aliphatic hydroxyl groups is 1. The van der Waals surface area contributed by atoms with Crippen molar-refractivity contribution in [3.8, 4) is 0 Å². The van der Waals surface area contributed by atoms with Crippen LogP contribution in [0.5, 0.6) is 0 Å². The molecule has 0 aromatic rings.